The molecule has 1 aromatic heterocycles. The number of hydrogen-bond acceptors (Lipinski definition) is 2. The molecule has 4 aromatic rings. The zero-order valence-electron chi connectivity index (χ0n) is 14.8. The normalized spacial score (nSPS) is 9.48. The van der Waals surface area contributed by atoms with Gasteiger partial charge in [-0.15, -0.1) is 47.2 Å². The third kappa shape index (κ3) is 5.27. The molecule has 4 heteroatoms. The molecule has 3 nitrogen and oxygen atoms in total. The molecule has 0 saturated carbocycles. The molecule has 0 radical (unpaired) electrons. The smallest absolute Gasteiger partial charge is 0.879 e. The van der Waals surface area contributed by atoms with E-state index < -0.39 is 0 Å². The first kappa shape index (κ1) is 19.9. The SMILES string of the molecule is [Be+2].[O-]c1ccccc1-c1[c-]cccc1.[O-]c1ccccc1-c1cccc[nH+]1. The van der Waals surface area contributed by atoms with Crippen molar-refractivity contribution in [2.45, 2.75) is 0 Å². The van der Waals surface area contributed by atoms with Crippen LogP contribution in [-0.4, -0.2) is 10.1 Å². The van der Waals surface area contributed by atoms with Gasteiger partial charge in [-0.1, -0.05) is 48.2 Å². The zero-order chi connectivity index (χ0) is 18.2. The van der Waals surface area contributed by atoms with Gasteiger partial charge in [-0.2, -0.15) is 0 Å². The van der Waals surface area contributed by atoms with Crippen molar-refractivity contribution in [2.24, 2.45) is 0 Å². The molecule has 0 amide bonds. The molecule has 1 N–H and O–H groups in total. The summed E-state index contributed by atoms with van der Waals surface area (Å²) in [5.74, 6) is 0.0925. The largest absolute Gasteiger partial charge is 2.00 e. The molecular formula is C23H17BeNO2. The molecule has 0 aliphatic carbocycles. The van der Waals surface area contributed by atoms with Gasteiger partial charge in [0, 0.05) is 17.7 Å². The second kappa shape index (κ2) is 9.91. The van der Waals surface area contributed by atoms with Gasteiger partial charge < -0.3 is 10.2 Å². The molecule has 1 heterocycles. The van der Waals surface area contributed by atoms with Gasteiger partial charge in [-0.25, -0.2) is 4.98 Å². The Morgan fingerprint density at radius 2 is 1.22 bits per heavy atom. The summed E-state index contributed by atoms with van der Waals surface area (Å²) < 4.78 is 0. The quantitative estimate of drug-likeness (QED) is 0.413. The van der Waals surface area contributed by atoms with Crippen molar-refractivity contribution in [1.82, 2.24) is 0 Å². The Morgan fingerprint density at radius 3 is 1.78 bits per heavy atom. The Kier molecular flexibility index (Phi) is 7.30. The molecule has 0 aliphatic rings. The average Bonchev–Trinajstić information content (AvgIpc) is 2.71. The van der Waals surface area contributed by atoms with Gasteiger partial charge in [-0.05, 0) is 12.1 Å². The van der Waals surface area contributed by atoms with Crippen LogP contribution < -0.4 is 15.2 Å². The second-order valence-electron chi connectivity index (χ2n) is 5.54. The Balaban J connectivity index is 0.000000187. The standard InChI is InChI=1S/C12H9O.C11H9NO.Be/c13-12-9-5-4-8-11(12)10-6-2-1-3-7-10;13-11-7-2-1-5-9(11)10-6-3-4-8-12-10;/h1-6,8-9,13H;1-8,13H;/q-1;;+2/p-1. The van der Waals surface area contributed by atoms with E-state index in [1.165, 1.54) is 0 Å². The number of nitrogens with one attached hydrogen (secondary N) is 1. The van der Waals surface area contributed by atoms with Crippen LogP contribution in [0.25, 0.3) is 22.4 Å². The number of para-hydroxylation sites is 2. The van der Waals surface area contributed by atoms with E-state index in [0.717, 1.165) is 11.3 Å². The van der Waals surface area contributed by atoms with E-state index in [1.54, 1.807) is 24.3 Å². The fourth-order valence-corrected chi connectivity index (χ4v) is 2.50. The second-order valence-corrected chi connectivity index (χ2v) is 5.54. The van der Waals surface area contributed by atoms with Crippen LogP contribution in [0.15, 0.2) is 97.2 Å². The maximum absolute atomic E-state index is 11.4. The maximum atomic E-state index is 11.4. The van der Waals surface area contributed by atoms with Crippen LogP contribution in [0.4, 0.5) is 0 Å². The van der Waals surface area contributed by atoms with E-state index in [-0.39, 0.29) is 21.6 Å². The molecule has 0 bridgehead atoms. The third-order valence-electron chi connectivity index (χ3n) is 3.77. The Bertz CT molecular complexity index is 879. The van der Waals surface area contributed by atoms with Gasteiger partial charge in [-0.3, -0.25) is 0 Å². The van der Waals surface area contributed by atoms with Gasteiger partial charge in [0.05, 0.1) is 0 Å². The zero-order valence-corrected chi connectivity index (χ0v) is 14.8. The van der Waals surface area contributed by atoms with Crippen LogP contribution in [-0.2, 0) is 0 Å². The molecular weight excluding hydrogens is 331 g/mol. The Hall–Kier alpha value is -3.42. The third-order valence-corrected chi connectivity index (χ3v) is 3.77. The molecule has 0 unspecified atom stereocenters. The fraction of sp³-hybridized carbons (Fsp3) is 0. The number of rotatable bonds is 2. The molecule has 0 fully saturated rings. The first-order chi connectivity index (χ1) is 12.8. The predicted molar refractivity (Wildman–Crippen MR) is 104 cm³/mol. The van der Waals surface area contributed by atoms with Gasteiger partial charge in [0.15, 0.2) is 6.20 Å². The average molecular weight is 348 g/mol. The van der Waals surface area contributed by atoms with E-state index in [4.69, 9.17) is 0 Å². The molecule has 0 atom stereocenters. The monoisotopic (exact) mass is 348 g/mol. The van der Waals surface area contributed by atoms with Crippen LogP contribution in [0.2, 0.25) is 0 Å². The van der Waals surface area contributed by atoms with Gasteiger partial charge >= 0.3 is 10.1 Å². The number of aromatic nitrogens is 1. The first-order valence-corrected chi connectivity index (χ1v) is 8.22. The topological polar surface area (TPSA) is 60.3 Å². The van der Waals surface area contributed by atoms with Crippen LogP contribution in [0.3, 0.4) is 0 Å². The van der Waals surface area contributed by atoms with E-state index in [9.17, 15) is 10.2 Å². The molecule has 128 valence electrons. The predicted octanol–water partition coefficient (Wildman–Crippen LogP) is 3.09. The summed E-state index contributed by atoms with van der Waals surface area (Å²) >= 11 is 0. The van der Waals surface area contributed by atoms with E-state index >= 15 is 0 Å². The van der Waals surface area contributed by atoms with Crippen molar-refractivity contribution in [1.29, 1.82) is 0 Å². The molecule has 0 aliphatic heterocycles. The van der Waals surface area contributed by atoms with Gasteiger partial charge in [0.1, 0.15) is 0 Å². The number of aromatic amines is 1. The Morgan fingerprint density at radius 1 is 0.630 bits per heavy atom. The van der Waals surface area contributed by atoms with E-state index in [2.05, 4.69) is 11.1 Å². The summed E-state index contributed by atoms with van der Waals surface area (Å²) in [4.78, 5) is 3.03. The van der Waals surface area contributed by atoms with Gasteiger partial charge in [0.2, 0.25) is 5.69 Å². The number of benzene rings is 3. The van der Waals surface area contributed by atoms with Crippen LogP contribution >= 0.6 is 0 Å². The minimum Gasteiger partial charge on any atom is -0.879 e. The summed E-state index contributed by atoms with van der Waals surface area (Å²) in [6, 6.07) is 30.1. The van der Waals surface area contributed by atoms with Crippen molar-refractivity contribution in [3.05, 3.63) is 103 Å². The number of pyridine rings is 1. The molecule has 0 saturated heterocycles. The van der Waals surface area contributed by atoms with Crippen molar-refractivity contribution >= 4 is 10.1 Å². The summed E-state index contributed by atoms with van der Waals surface area (Å²) in [6.45, 7) is 0. The van der Waals surface area contributed by atoms with E-state index in [0.29, 0.717) is 11.1 Å². The Labute approximate surface area is 162 Å². The summed E-state index contributed by atoms with van der Waals surface area (Å²) in [6.07, 6.45) is 1.81. The summed E-state index contributed by atoms with van der Waals surface area (Å²) in [5.41, 5.74) is 3.13. The van der Waals surface area contributed by atoms with Crippen LogP contribution in [0.1, 0.15) is 0 Å². The molecule has 4 rings (SSSR count). The van der Waals surface area contributed by atoms with Gasteiger partial charge in [0.25, 0.3) is 0 Å². The van der Waals surface area contributed by atoms with Crippen molar-refractivity contribution in [3.63, 3.8) is 0 Å². The summed E-state index contributed by atoms with van der Waals surface area (Å²) in [7, 11) is 0. The van der Waals surface area contributed by atoms with Crippen LogP contribution in [0.5, 0.6) is 11.5 Å². The molecule has 27 heavy (non-hydrogen) atoms. The van der Waals surface area contributed by atoms with Crippen LogP contribution in [0, 0.1) is 6.07 Å². The van der Waals surface area contributed by atoms with Crippen molar-refractivity contribution in [2.75, 3.05) is 0 Å². The molecule has 3 aromatic carbocycles. The molecule has 0 spiro atoms. The van der Waals surface area contributed by atoms with E-state index in [1.807, 2.05) is 72.9 Å². The van der Waals surface area contributed by atoms with Crippen molar-refractivity contribution in [3.8, 4) is 33.9 Å². The minimum atomic E-state index is 0. The summed E-state index contributed by atoms with van der Waals surface area (Å²) in [5, 5.41) is 22.8. The first-order valence-electron chi connectivity index (χ1n) is 8.22. The number of H-pyrrole nitrogens is 1. The minimum absolute atomic E-state index is 0. The fourth-order valence-electron chi connectivity index (χ4n) is 2.50. The maximum Gasteiger partial charge on any atom is 2.00 e. The van der Waals surface area contributed by atoms with Crippen molar-refractivity contribution < 1.29 is 15.2 Å². The number of hydrogen-bond donors (Lipinski definition) is 0.